The van der Waals surface area contributed by atoms with Crippen LogP contribution in [0.5, 0.6) is 0 Å². The molecule has 2 rings (SSSR count). The first kappa shape index (κ1) is 13.7. The molecule has 0 radical (unpaired) electrons. The molecule has 0 aliphatic carbocycles. The molecule has 0 unspecified atom stereocenters. The normalized spacial score (nSPS) is 11.2. The molecule has 0 saturated carbocycles. The van der Waals surface area contributed by atoms with E-state index in [1.54, 1.807) is 11.1 Å². The zero-order valence-corrected chi connectivity index (χ0v) is 9.62. The number of rotatable bonds is 1. The van der Waals surface area contributed by atoms with Gasteiger partial charge >= 0.3 is 6.18 Å². The van der Waals surface area contributed by atoms with Crippen molar-refractivity contribution in [2.45, 2.75) is 6.18 Å². The second kappa shape index (κ2) is 4.77. The number of nitriles is 1. The Bertz CT molecular complexity index is 759. The molecule has 102 valence electrons. The van der Waals surface area contributed by atoms with E-state index in [0.717, 1.165) is 24.3 Å². The summed E-state index contributed by atoms with van der Waals surface area (Å²) in [5.74, 6) is -2.29. The zero-order chi connectivity index (χ0) is 14.9. The van der Waals surface area contributed by atoms with Gasteiger partial charge in [0.05, 0.1) is 17.3 Å². The van der Waals surface area contributed by atoms with Crippen molar-refractivity contribution in [1.82, 2.24) is 9.97 Å². The van der Waals surface area contributed by atoms with Gasteiger partial charge < -0.3 is 4.98 Å². The molecule has 0 bridgehead atoms. The average molecular weight is 283 g/mol. The molecule has 1 N–H and O–H groups in total. The van der Waals surface area contributed by atoms with E-state index in [1.807, 2.05) is 0 Å². The number of nitrogens with zero attached hydrogens (tertiary/aromatic N) is 2. The van der Waals surface area contributed by atoms with Crippen molar-refractivity contribution in [3.05, 3.63) is 51.8 Å². The largest absolute Gasteiger partial charge is 0.449 e. The van der Waals surface area contributed by atoms with Crippen molar-refractivity contribution in [2.24, 2.45) is 0 Å². The quantitative estimate of drug-likeness (QED) is 0.817. The molecule has 20 heavy (non-hydrogen) atoms. The minimum atomic E-state index is -4.83. The molecular weight excluding hydrogens is 278 g/mol. The van der Waals surface area contributed by atoms with Crippen LogP contribution in [0.4, 0.5) is 17.6 Å². The summed E-state index contributed by atoms with van der Waals surface area (Å²) in [6, 6.07) is 5.41. The number of hydrogen-bond donors (Lipinski definition) is 1. The fourth-order valence-corrected chi connectivity index (χ4v) is 1.54. The fraction of sp³-hybridized carbons (Fsp3) is 0.0833. The van der Waals surface area contributed by atoms with Gasteiger partial charge in [-0.25, -0.2) is 9.37 Å². The molecule has 0 atom stereocenters. The minimum absolute atomic E-state index is 0.0850. The van der Waals surface area contributed by atoms with Gasteiger partial charge in [-0.2, -0.15) is 18.4 Å². The van der Waals surface area contributed by atoms with Crippen LogP contribution in [0.25, 0.3) is 11.3 Å². The lowest BCUT2D eigenvalue weighted by Crippen LogP contribution is -2.18. The van der Waals surface area contributed by atoms with Gasteiger partial charge in [0.2, 0.25) is 5.82 Å². The fourth-order valence-electron chi connectivity index (χ4n) is 1.54. The Labute approximate surface area is 109 Å². The molecule has 0 aliphatic rings. The number of aromatic amines is 1. The molecule has 1 aromatic carbocycles. The third kappa shape index (κ3) is 2.83. The number of H-pyrrole nitrogens is 1. The molecule has 0 fully saturated rings. The van der Waals surface area contributed by atoms with Crippen LogP contribution in [-0.4, -0.2) is 9.97 Å². The standard InChI is InChI=1S/C12H5F4N3O/c13-8-2-6(5-17)1-7(3-8)9-4-10(20)19-11(18-9)12(14,15)16/h1-4H,(H,18,19,20). The Kier molecular flexibility index (Phi) is 3.28. The predicted molar refractivity (Wildman–Crippen MR) is 60.0 cm³/mol. The molecule has 0 spiro atoms. The highest BCUT2D eigenvalue weighted by Gasteiger charge is 2.34. The Morgan fingerprint density at radius 2 is 1.90 bits per heavy atom. The van der Waals surface area contributed by atoms with E-state index in [4.69, 9.17) is 5.26 Å². The van der Waals surface area contributed by atoms with Gasteiger partial charge in [-0.05, 0) is 18.2 Å². The van der Waals surface area contributed by atoms with Gasteiger partial charge in [0, 0.05) is 11.6 Å². The summed E-state index contributed by atoms with van der Waals surface area (Å²) in [5.41, 5.74) is -1.56. The molecule has 4 nitrogen and oxygen atoms in total. The summed E-state index contributed by atoms with van der Waals surface area (Å²) in [7, 11) is 0. The maximum atomic E-state index is 13.2. The summed E-state index contributed by atoms with van der Waals surface area (Å²) in [4.78, 5) is 16.0. The number of hydrogen-bond acceptors (Lipinski definition) is 3. The Morgan fingerprint density at radius 1 is 1.20 bits per heavy atom. The highest BCUT2D eigenvalue weighted by molar-refractivity contribution is 5.61. The van der Waals surface area contributed by atoms with E-state index in [-0.39, 0.29) is 16.8 Å². The van der Waals surface area contributed by atoms with Crippen molar-refractivity contribution >= 4 is 0 Å². The van der Waals surface area contributed by atoms with Crippen molar-refractivity contribution in [3.8, 4) is 17.3 Å². The highest BCUT2D eigenvalue weighted by Crippen LogP contribution is 2.27. The van der Waals surface area contributed by atoms with Gasteiger partial charge in [0.1, 0.15) is 5.82 Å². The van der Waals surface area contributed by atoms with Crippen LogP contribution in [0.2, 0.25) is 0 Å². The number of benzene rings is 1. The first-order valence-corrected chi connectivity index (χ1v) is 5.19. The molecular formula is C12H5F4N3O. The number of alkyl halides is 3. The van der Waals surface area contributed by atoms with Gasteiger partial charge in [-0.1, -0.05) is 0 Å². The van der Waals surface area contributed by atoms with Crippen LogP contribution in [0.15, 0.2) is 29.1 Å². The lowest BCUT2D eigenvalue weighted by atomic mass is 10.1. The highest BCUT2D eigenvalue weighted by atomic mass is 19.4. The second-order valence-corrected chi connectivity index (χ2v) is 3.82. The van der Waals surface area contributed by atoms with Crippen LogP contribution in [-0.2, 0) is 6.18 Å². The van der Waals surface area contributed by atoms with Crippen molar-refractivity contribution in [2.75, 3.05) is 0 Å². The topological polar surface area (TPSA) is 69.5 Å². The van der Waals surface area contributed by atoms with Gasteiger partial charge in [-0.15, -0.1) is 0 Å². The van der Waals surface area contributed by atoms with Crippen molar-refractivity contribution < 1.29 is 17.6 Å². The molecule has 0 aliphatic heterocycles. The van der Waals surface area contributed by atoms with Crippen LogP contribution in [0, 0.1) is 17.1 Å². The minimum Gasteiger partial charge on any atom is -0.303 e. The first-order chi connectivity index (χ1) is 9.29. The summed E-state index contributed by atoms with van der Waals surface area (Å²) < 4.78 is 50.8. The third-order valence-electron chi connectivity index (χ3n) is 2.33. The summed E-state index contributed by atoms with van der Waals surface area (Å²) in [6.07, 6.45) is -4.83. The van der Waals surface area contributed by atoms with E-state index in [2.05, 4.69) is 4.98 Å². The average Bonchev–Trinajstić information content (AvgIpc) is 2.36. The van der Waals surface area contributed by atoms with E-state index < -0.39 is 23.4 Å². The van der Waals surface area contributed by atoms with E-state index in [0.29, 0.717) is 0 Å². The molecule has 1 heterocycles. The van der Waals surface area contributed by atoms with Crippen LogP contribution in [0.3, 0.4) is 0 Å². The van der Waals surface area contributed by atoms with Crippen molar-refractivity contribution in [1.29, 1.82) is 5.26 Å². The number of nitrogens with one attached hydrogen (secondary N) is 1. The van der Waals surface area contributed by atoms with Crippen LogP contribution >= 0.6 is 0 Å². The lowest BCUT2D eigenvalue weighted by molar-refractivity contribution is -0.145. The Morgan fingerprint density at radius 3 is 2.50 bits per heavy atom. The van der Waals surface area contributed by atoms with Gasteiger partial charge in [-0.3, -0.25) is 4.79 Å². The Balaban J connectivity index is 2.65. The number of aromatic nitrogens is 2. The molecule has 8 heteroatoms. The van der Waals surface area contributed by atoms with E-state index in [9.17, 15) is 22.4 Å². The van der Waals surface area contributed by atoms with Crippen molar-refractivity contribution in [3.63, 3.8) is 0 Å². The number of halogens is 4. The second-order valence-electron chi connectivity index (χ2n) is 3.82. The van der Waals surface area contributed by atoms with Gasteiger partial charge in [0.15, 0.2) is 0 Å². The molecule has 0 amide bonds. The maximum Gasteiger partial charge on any atom is 0.449 e. The monoisotopic (exact) mass is 283 g/mol. The summed E-state index contributed by atoms with van der Waals surface area (Å²) in [6.45, 7) is 0. The Hall–Kier alpha value is -2.69. The molecule has 2 aromatic rings. The molecule has 1 aromatic heterocycles. The SMILES string of the molecule is N#Cc1cc(F)cc(-c2cc(=O)[nH]c(C(F)(F)F)n2)c1. The lowest BCUT2D eigenvalue weighted by Gasteiger charge is -2.07. The maximum absolute atomic E-state index is 13.2. The summed E-state index contributed by atoms with van der Waals surface area (Å²) >= 11 is 0. The molecule has 0 saturated heterocycles. The third-order valence-corrected chi connectivity index (χ3v) is 2.33. The van der Waals surface area contributed by atoms with Gasteiger partial charge in [0.25, 0.3) is 5.56 Å². The predicted octanol–water partition coefficient (Wildman–Crippen LogP) is 2.47. The zero-order valence-electron chi connectivity index (χ0n) is 9.62. The van der Waals surface area contributed by atoms with Crippen LogP contribution in [0.1, 0.15) is 11.4 Å². The van der Waals surface area contributed by atoms with Crippen LogP contribution < -0.4 is 5.56 Å². The summed E-state index contributed by atoms with van der Waals surface area (Å²) in [5, 5.41) is 8.69. The van der Waals surface area contributed by atoms with E-state index >= 15 is 0 Å². The smallest absolute Gasteiger partial charge is 0.303 e. The first-order valence-electron chi connectivity index (χ1n) is 5.19. The van der Waals surface area contributed by atoms with E-state index in [1.165, 1.54) is 0 Å².